The molecule has 0 radical (unpaired) electrons. The molecule has 0 saturated carbocycles. The molecule has 1 aliphatic carbocycles. The molecule has 0 N–H and O–H groups in total. The number of hydrazone groups is 1. The number of aryl methyl sites for hydroxylation is 1. The second-order valence-corrected chi connectivity index (χ2v) is 8.31. The summed E-state index contributed by atoms with van der Waals surface area (Å²) in [5.74, 6) is 1.73. The molecule has 1 amide bonds. The minimum atomic E-state index is -0.101. The lowest BCUT2D eigenvalue weighted by molar-refractivity contribution is -0.131. The molecule has 32 heavy (non-hydrogen) atoms. The molecule has 5 nitrogen and oxygen atoms in total. The Morgan fingerprint density at radius 1 is 1.03 bits per heavy atom. The van der Waals surface area contributed by atoms with Crippen molar-refractivity contribution >= 4 is 11.6 Å². The Hall–Kier alpha value is -3.60. The van der Waals surface area contributed by atoms with Gasteiger partial charge >= 0.3 is 0 Å². The summed E-state index contributed by atoms with van der Waals surface area (Å²) in [4.78, 5) is 12.5. The Morgan fingerprint density at radius 3 is 2.50 bits per heavy atom. The third kappa shape index (κ3) is 3.75. The number of fused-ring (bicyclic) bond motifs is 3. The zero-order chi connectivity index (χ0) is 22.1. The van der Waals surface area contributed by atoms with E-state index in [1.807, 2.05) is 48.5 Å². The number of benzene rings is 3. The highest BCUT2D eigenvalue weighted by Gasteiger charge is 2.43. The fourth-order valence-corrected chi connectivity index (χ4v) is 4.72. The highest BCUT2D eigenvalue weighted by Crippen LogP contribution is 2.44. The molecule has 3 aromatic carbocycles. The lowest BCUT2D eigenvalue weighted by Crippen LogP contribution is -2.31. The van der Waals surface area contributed by atoms with Gasteiger partial charge in [0.15, 0.2) is 0 Å². The number of hydrogen-bond acceptors (Lipinski definition) is 4. The van der Waals surface area contributed by atoms with Gasteiger partial charge in [0.25, 0.3) is 0 Å². The van der Waals surface area contributed by atoms with Crippen molar-refractivity contribution < 1.29 is 14.3 Å². The third-order valence-corrected chi connectivity index (χ3v) is 6.32. The van der Waals surface area contributed by atoms with Crippen LogP contribution in [0.1, 0.15) is 41.6 Å². The van der Waals surface area contributed by atoms with E-state index in [1.165, 1.54) is 5.56 Å². The van der Waals surface area contributed by atoms with Crippen LogP contribution in [0.15, 0.2) is 77.9 Å². The molecular formula is C27H26N2O3. The third-order valence-electron chi connectivity index (χ3n) is 6.32. The largest absolute Gasteiger partial charge is 0.497 e. The van der Waals surface area contributed by atoms with Crippen LogP contribution < -0.4 is 9.47 Å². The molecule has 3 aromatic rings. The van der Waals surface area contributed by atoms with E-state index in [9.17, 15) is 4.79 Å². The maximum Gasteiger partial charge on any atom is 0.240 e. The Kier molecular flexibility index (Phi) is 5.39. The van der Waals surface area contributed by atoms with Crippen LogP contribution in [-0.2, 0) is 17.8 Å². The van der Waals surface area contributed by atoms with Crippen LogP contribution in [0.4, 0.5) is 0 Å². The number of methoxy groups -OCH3 is 1. The van der Waals surface area contributed by atoms with Gasteiger partial charge in [0.05, 0.1) is 18.9 Å². The predicted octanol–water partition coefficient (Wildman–Crippen LogP) is 5.14. The first-order valence-corrected chi connectivity index (χ1v) is 11.0. The molecule has 162 valence electrons. The van der Waals surface area contributed by atoms with Crippen LogP contribution in [-0.4, -0.2) is 23.7 Å². The fourth-order valence-electron chi connectivity index (χ4n) is 4.72. The first-order chi connectivity index (χ1) is 15.6. The number of hydrogen-bond donors (Lipinski definition) is 0. The summed E-state index contributed by atoms with van der Waals surface area (Å²) in [6, 6.07) is 24.2. The normalized spacial score (nSPS) is 19.1. The maximum atomic E-state index is 12.5. The Bertz CT molecular complexity index is 1160. The monoisotopic (exact) mass is 426 g/mol. The van der Waals surface area contributed by atoms with Crippen LogP contribution in [0.25, 0.3) is 0 Å². The van der Waals surface area contributed by atoms with Crippen LogP contribution in [0.5, 0.6) is 11.5 Å². The van der Waals surface area contributed by atoms with Crippen LogP contribution in [0, 0.1) is 5.92 Å². The van der Waals surface area contributed by atoms with Gasteiger partial charge in [-0.2, -0.15) is 5.10 Å². The van der Waals surface area contributed by atoms with E-state index in [4.69, 9.17) is 14.6 Å². The van der Waals surface area contributed by atoms with Gasteiger partial charge in [-0.25, -0.2) is 5.01 Å². The van der Waals surface area contributed by atoms with Crippen LogP contribution >= 0.6 is 0 Å². The minimum absolute atomic E-state index is 0.0502. The molecule has 5 heteroatoms. The molecule has 1 heterocycles. The number of carbonyl (C=O) groups excluding carboxylic acids is 1. The van der Waals surface area contributed by atoms with Crippen molar-refractivity contribution in [2.75, 3.05) is 7.11 Å². The van der Waals surface area contributed by atoms with Crippen molar-refractivity contribution in [3.05, 3.63) is 95.1 Å². The van der Waals surface area contributed by atoms with Gasteiger partial charge < -0.3 is 9.47 Å². The number of carbonyl (C=O) groups is 1. The summed E-state index contributed by atoms with van der Waals surface area (Å²) in [5.41, 5.74) is 5.53. The molecule has 0 bridgehead atoms. The van der Waals surface area contributed by atoms with E-state index < -0.39 is 0 Å². The van der Waals surface area contributed by atoms with Crippen molar-refractivity contribution in [3.8, 4) is 11.5 Å². The van der Waals surface area contributed by atoms with Gasteiger partial charge in [0.2, 0.25) is 5.91 Å². The van der Waals surface area contributed by atoms with E-state index in [2.05, 4.69) is 24.3 Å². The Labute approximate surface area is 188 Å². The molecule has 0 aromatic heterocycles. The quantitative estimate of drug-likeness (QED) is 0.567. The Morgan fingerprint density at radius 2 is 1.78 bits per heavy atom. The van der Waals surface area contributed by atoms with E-state index in [1.54, 1.807) is 19.0 Å². The van der Waals surface area contributed by atoms with Gasteiger partial charge in [-0.1, -0.05) is 48.5 Å². The van der Waals surface area contributed by atoms with E-state index in [0.717, 1.165) is 46.7 Å². The summed E-state index contributed by atoms with van der Waals surface area (Å²) >= 11 is 0. The molecule has 5 rings (SSSR count). The van der Waals surface area contributed by atoms with Crippen LogP contribution in [0.3, 0.4) is 0 Å². The molecular weight excluding hydrogens is 400 g/mol. The summed E-state index contributed by atoms with van der Waals surface area (Å²) in [7, 11) is 1.66. The molecule has 2 aliphatic rings. The minimum Gasteiger partial charge on any atom is -0.497 e. The molecule has 0 fully saturated rings. The van der Waals surface area contributed by atoms with Crippen LogP contribution in [0.2, 0.25) is 0 Å². The van der Waals surface area contributed by atoms with E-state index >= 15 is 0 Å². The lowest BCUT2D eigenvalue weighted by atomic mass is 9.77. The first kappa shape index (κ1) is 20.3. The first-order valence-electron chi connectivity index (χ1n) is 11.0. The summed E-state index contributed by atoms with van der Waals surface area (Å²) in [6.07, 6.45) is 1.91. The SMILES string of the molecule is COc1ccc([C@H]2[C@@H]3CCc4ccc(OCc5ccccc5)cc4C3=NN2C(C)=O)cc1. The summed E-state index contributed by atoms with van der Waals surface area (Å²) in [5, 5.41) is 6.47. The highest BCUT2D eigenvalue weighted by atomic mass is 16.5. The topological polar surface area (TPSA) is 51.1 Å². The van der Waals surface area contributed by atoms with Gasteiger partial charge in [0.1, 0.15) is 18.1 Å². The van der Waals surface area contributed by atoms with E-state index in [0.29, 0.717) is 6.61 Å². The van der Waals surface area contributed by atoms with Gasteiger partial charge in [-0.05, 0) is 53.8 Å². The maximum absolute atomic E-state index is 12.5. The number of amides is 1. The predicted molar refractivity (Wildman–Crippen MR) is 124 cm³/mol. The second-order valence-electron chi connectivity index (χ2n) is 8.31. The molecule has 0 unspecified atom stereocenters. The van der Waals surface area contributed by atoms with Gasteiger partial charge in [-0.15, -0.1) is 0 Å². The van der Waals surface area contributed by atoms with Crippen molar-refractivity contribution in [1.29, 1.82) is 0 Å². The Balaban J connectivity index is 1.45. The summed E-state index contributed by atoms with van der Waals surface area (Å²) in [6.45, 7) is 2.10. The smallest absolute Gasteiger partial charge is 0.240 e. The standard InChI is InChI=1S/C27H26N2O3/c1-18(30)29-27(21-9-12-22(31-2)13-10-21)24-15-11-20-8-14-23(16-25(20)26(24)28-29)32-17-19-6-4-3-5-7-19/h3-10,12-14,16,24,27H,11,15,17H2,1-2H3/t24-,27+/m1/s1. The van der Waals surface area contributed by atoms with Crippen molar-refractivity contribution in [3.63, 3.8) is 0 Å². The van der Waals surface area contributed by atoms with Crippen molar-refractivity contribution in [2.45, 2.75) is 32.4 Å². The number of nitrogens with zero attached hydrogens (tertiary/aromatic N) is 2. The molecule has 0 spiro atoms. The fraction of sp³-hybridized carbons (Fsp3) is 0.259. The van der Waals surface area contributed by atoms with Crippen molar-refractivity contribution in [2.24, 2.45) is 11.0 Å². The zero-order valence-electron chi connectivity index (χ0n) is 18.3. The second kappa shape index (κ2) is 8.50. The van der Waals surface area contributed by atoms with Crippen molar-refractivity contribution in [1.82, 2.24) is 5.01 Å². The highest BCUT2D eigenvalue weighted by molar-refractivity contribution is 6.07. The summed E-state index contributed by atoms with van der Waals surface area (Å²) < 4.78 is 11.4. The average molecular weight is 427 g/mol. The molecule has 2 atom stereocenters. The molecule has 0 saturated heterocycles. The average Bonchev–Trinajstić information content (AvgIpc) is 3.24. The van der Waals surface area contributed by atoms with Gasteiger partial charge in [0, 0.05) is 18.4 Å². The molecule has 1 aliphatic heterocycles. The van der Waals surface area contributed by atoms with E-state index in [-0.39, 0.29) is 17.9 Å². The van der Waals surface area contributed by atoms with Gasteiger partial charge in [-0.3, -0.25) is 4.79 Å². The number of ether oxygens (including phenoxy) is 2. The lowest BCUT2D eigenvalue weighted by Gasteiger charge is -2.29. The number of rotatable bonds is 5. The zero-order valence-corrected chi connectivity index (χ0v) is 18.3.